The molecule has 66 heavy (non-hydrogen) atoms. The van der Waals surface area contributed by atoms with Crippen LogP contribution in [-0.4, -0.2) is 37.9 Å². The molecule has 5 heteroatoms. The number of hydrogen-bond donors (Lipinski definition) is 0. The molecule has 0 rings (SSSR count). The SMILES string of the molecule is CC/C=C\C/C=C\C/C=C\C/C=C\C/C=C\CC(=O)OCC(COCCCCCCCCCCCC/C=C\CCCCCCCC)OC(=O)CCCCCCCCCCCCCCCCC. The quantitative estimate of drug-likeness (QED) is 0.0346. The van der Waals surface area contributed by atoms with Crippen molar-refractivity contribution in [2.75, 3.05) is 19.8 Å². The average Bonchev–Trinajstić information content (AvgIpc) is 3.32. The first-order valence-corrected chi connectivity index (χ1v) is 28.5. The molecular weight excluding hydrogens is 813 g/mol. The molecule has 0 aliphatic heterocycles. The van der Waals surface area contributed by atoms with E-state index in [9.17, 15) is 9.59 Å². The van der Waals surface area contributed by atoms with Crippen molar-refractivity contribution in [1.82, 2.24) is 0 Å². The van der Waals surface area contributed by atoms with Crippen LogP contribution in [0, 0.1) is 0 Å². The Balaban J connectivity index is 4.33. The molecule has 1 unspecified atom stereocenters. The fraction of sp³-hybridized carbons (Fsp3) is 0.770. The zero-order valence-corrected chi connectivity index (χ0v) is 44.0. The van der Waals surface area contributed by atoms with Gasteiger partial charge in [0.05, 0.1) is 13.0 Å². The highest BCUT2D eigenvalue weighted by atomic mass is 16.6. The van der Waals surface area contributed by atoms with Crippen LogP contribution >= 0.6 is 0 Å². The van der Waals surface area contributed by atoms with E-state index in [1.54, 1.807) is 0 Å². The molecule has 0 saturated carbocycles. The first-order valence-electron chi connectivity index (χ1n) is 28.5. The largest absolute Gasteiger partial charge is 0.461 e. The standard InChI is InChI=1S/C61H108O5/c1-4-7-10-13-16-19-22-25-28-29-30-31-32-35-38-41-44-47-50-53-56-64-57-59(66-61(63)55-52-49-46-43-40-37-34-27-24-21-18-15-12-9-6-3)58-65-60(62)54-51-48-45-42-39-36-33-26-23-20-17-14-11-8-5-2/h8,11,17,20,25-26,28,33,39,42,48,51,59H,4-7,9-10,12-16,18-19,21-24,27,29-32,34-38,40-41,43-47,49-50,52-58H2,1-3H3/b11-8-,20-17-,28-25-,33-26-,42-39-,51-48-. The molecule has 0 aromatic heterocycles. The Hall–Kier alpha value is -2.66. The van der Waals surface area contributed by atoms with Crippen molar-refractivity contribution in [3.05, 3.63) is 72.9 Å². The van der Waals surface area contributed by atoms with Crippen molar-refractivity contribution < 1.29 is 23.8 Å². The number of carbonyl (C=O) groups excluding carboxylic acids is 2. The Morgan fingerprint density at radius 3 is 1.15 bits per heavy atom. The van der Waals surface area contributed by atoms with Gasteiger partial charge < -0.3 is 14.2 Å². The second-order valence-corrected chi connectivity index (χ2v) is 18.8. The van der Waals surface area contributed by atoms with Gasteiger partial charge in [-0.3, -0.25) is 9.59 Å². The van der Waals surface area contributed by atoms with Gasteiger partial charge in [0.1, 0.15) is 6.61 Å². The molecule has 0 aliphatic carbocycles. The summed E-state index contributed by atoms with van der Waals surface area (Å²) < 4.78 is 17.4. The van der Waals surface area contributed by atoms with Gasteiger partial charge >= 0.3 is 11.9 Å². The summed E-state index contributed by atoms with van der Waals surface area (Å²) >= 11 is 0. The van der Waals surface area contributed by atoms with Crippen molar-refractivity contribution >= 4 is 11.9 Å². The monoisotopic (exact) mass is 921 g/mol. The number of rotatable bonds is 52. The number of esters is 2. The summed E-state index contributed by atoms with van der Waals surface area (Å²) in [7, 11) is 0. The van der Waals surface area contributed by atoms with E-state index in [1.165, 1.54) is 186 Å². The van der Waals surface area contributed by atoms with Crippen LogP contribution in [0.15, 0.2) is 72.9 Å². The zero-order chi connectivity index (χ0) is 47.7. The van der Waals surface area contributed by atoms with Crippen molar-refractivity contribution in [3.63, 3.8) is 0 Å². The molecule has 0 radical (unpaired) electrons. The Morgan fingerprint density at radius 1 is 0.364 bits per heavy atom. The van der Waals surface area contributed by atoms with Crippen LogP contribution in [0.3, 0.4) is 0 Å². The maximum atomic E-state index is 12.8. The number of ether oxygens (including phenoxy) is 3. The molecule has 0 aliphatic rings. The van der Waals surface area contributed by atoms with Gasteiger partial charge in [0.25, 0.3) is 0 Å². The Kier molecular flexibility index (Phi) is 54.4. The van der Waals surface area contributed by atoms with Gasteiger partial charge in [-0.05, 0) is 70.6 Å². The summed E-state index contributed by atoms with van der Waals surface area (Å²) in [6.45, 7) is 7.64. The predicted octanol–water partition coefficient (Wildman–Crippen LogP) is 19.5. The molecule has 382 valence electrons. The highest BCUT2D eigenvalue weighted by molar-refractivity contribution is 5.71. The van der Waals surface area contributed by atoms with Crippen LogP contribution in [0.5, 0.6) is 0 Å². The smallest absolute Gasteiger partial charge is 0.309 e. The van der Waals surface area contributed by atoms with Gasteiger partial charge in [0.15, 0.2) is 6.10 Å². The Morgan fingerprint density at radius 2 is 0.727 bits per heavy atom. The summed E-state index contributed by atoms with van der Waals surface area (Å²) in [6.07, 6.45) is 73.8. The molecule has 1 atom stereocenters. The van der Waals surface area contributed by atoms with E-state index in [-0.39, 0.29) is 31.6 Å². The van der Waals surface area contributed by atoms with Crippen molar-refractivity contribution in [1.29, 1.82) is 0 Å². The van der Waals surface area contributed by atoms with Gasteiger partial charge in [-0.25, -0.2) is 0 Å². The van der Waals surface area contributed by atoms with E-state index in [1.807, 2.05) is 12.2 Å². The molecule has 0 saturated heterocycles. The molecule has 0 aromatic carbocycles. The van der Waals surface area contributed by atoms with Gasteiger partial charge in [0.2, 0.25) is 0 Å². The molecule has 0 spiro atoms. The number of unbranched alkanes of at least 4 members (excludes halogenated alkanes) is 30. The van der Waals surface area contributed by atoms with Crippen molar-refractivity contribution in [3.8, 4) is 0 Å². The molecule has 0 N–H and O–H groups in total. The average molecular weight is 922 g/mol. The van der Waals surface area contributed by atoms with Crippen LogP contribution in [0.2, 0.25) is 0 Å². The van der Waals surface area contributed by atoms with Gasteiger partial charge in [-0.1, -0.05) is 267 Å². The lowest BCUT2D eigenvalue weighted by molar-refractivity contribution is -0.162. The lowest BCUT2D eigenvalue weighted by atomic mass is 10.0. The van der Waals surface area contributed by atoms with Crippen LogP contribution < -0.4 is 0 Å². The maximum Gasteiger partial charge on any atom is 0.309 e. The summed E-state index contributed by atoms with van der Waals surface area (Å²) in [5, 5.41) is 0. The topological polar surface area (TPSA) is 61.8 Å². The van der Waals surface area contributed by atoms with E-state index in [4.69, 9.17) is 14.2 Å². The molecule has 5 nitrogen and oxygen atoms in total. The third-order valence-electron chi connectivity index (χ3n) is 12.3. The third kappa shape index (κ3) is 54.0. The first-order chi connectivity index (χ1) is 32.6. The summed E-state index contributed by atoms with van der Waals surface area (Å²) in [5.74, 6) is -0.533. The second-order valence-electron chi connectivity index (χ2n) is 18.8. The van der Waals surface area contributed by atoms with Crippen LogP contribution in [0.1, 0.15) is 278 Å². The lowest BCUT2D eigenvalue weighted by Gasteiger charge is -2.18. The fourth-order valence-electron chi connectivity index (χ4n) is 8.05. The van der Waals surface area contributed by atoms with Gasteiger partial charge in [-0.2, -0.15) is 0 Å². The molecular formula is C61H108O5. The highest BCUT2D eigenvalue weighted by Gasteiger charge is 2.17. The van der Waals surface area contributed by atoms with Crippen LogP contribution in [-0.2, 0) is 23.8 Å². The first kappa shape index (κ1) is 63.3. The van der Waals surface area contributed by atoms with Gasteiger partial charge in [0, 0.05) is 13.0 Å². The highest BCUT2D eigenvalue weighted by Crippen LogP contribution is 2.16. The summed E-state index contributed by atoms with van der Waals surface area (Å²) in [5.41, 5.74) is 0. The number of carbonyl (C=O) groups is 2. The fourth-order valence-corrected chi connectivity index (χ4v) is 8.05. The van der Waals surface area contributed by atoms with Crippen molar-refractivity contribution in [2.45, 2.75) is 284 Å². The molecule has 0 aromatic rings. The van der Waals surface area contributed by atoms with E-state index in [0.29, 0.717) is 13.0 Å². The summed E-state index contributed by atoms with van der Waals surface area (Å²) in [4.78, 5) is 25.4. The Labute approximate surface area is 410 Å². The van der Waals surface area contributed by atoms with Gasteiger partial charge in [-0.15, -0.1) is 0 Å². The van der Waals surface area contributed by atoms with Crippen LogP contribution in [0.4, 0.5) is 0 Å². The van der Waals surface area contributed by atoms with E-state index in [2.05, 4.69) is 81.5 Å². The third-order valence-corrected chi connectivity index (χ3v) is 12.3. The number of hydrogen-bond acceptors (Lipinski definition) is 5. The Bertz CT molecular complexity index is 1180. The summed E-state index contributed by atoms with van der Waals surface area (Å²) in [6, 6.07) is 0. The second kappa shape index (κ2) is 56.7. The molecule has 0 bridgehead atoms. The van der Waals surface area contributed by atoms with E-state index >= 15 is 0 Å². The lowest BCUT2D eigenvalue weighted by Crippen LogP contribution is -2.30. The molecule has 0 amide bonds. The van der Waals surface area contributed by atoms with E-state index in [0.717, 1.165) is 57.8 Å². The van der Waals surface area contributed by atoms with E-state index < -0.39 is 6.10 Å². The molecule has 0 heterocycles. The minimum absolute atomic E-state index is 0.0318. The van der Waals surface area contributed by atoms with Crippen LogP contribution in [0.25, 0.3) is 0 Å². The van der Waals surface area contributed by atoms with Crippen molar-refractivity contribution in [2.24, 2.45) is 0 Å². The zero-order valence-electron chi connectivity index (χ0n) is 44.0. The maximum absolute atomic E-state index is 12.8. The minimum Gasteiger partial charge on any atom is -0.461 e. The normalized spacial score (nSPS) is 12.7. The molecule has 0 fully saturated rings. The number of allylic oxidation sites excluding steroid dienone is 11. The minimum atomic E-state index is -0.577. The predicted molar refractivity (Wildman–Crippen MR) is 288 cm³/mol.